The van der Waals surface area contributed by atoms with Crippen molar-refractivity contribution in [1.82, 2.24) is 0 Å². The maximum absolute atomic E-state index is 11.5. The van der Waals surface area contributed by atoms with E-state index in [1.165, 1.54) is 11.8 Å². The van der Waals surface area contributed by atoms with E-state index in [9.17, 15) is 9.90 Å². The molecule has 1 fully saturated rings. The minimum Gasteiger partial charge on any atom is -0.508 e. The van der Waals surface area contributed by atoms with E-state index in [1.807, 2.05) is 47.6 Å². The van der Waals surface area contributed by atoms with Crippen LogP contribution in [0.1, 0.15) is 51.3 Å². The number of carbonyl (C=O) groups is 1. The molecule has 1 heterocycles. The fourth-order valence-corrected chi connectivity index (χ4v) is 3.31. The van der Waals surface area contributed by atoms with E-state index < -0.39 is 18.3 Å². The molecule has 6 heteroatoms. The summed E-state index contributed by atoms with van der Waals surface area (Å²) in [6.45, 7) is 13.5. The number of phenols is 1. The zero-order chi connectivity index (χ0) is 19.0. The van der Waals surface area contributed by atoms with Gasteiger partial charge >= 0.3 is 7.12 Å². The second kappa shape index (κ2) is 7.18. The smallest absolute Gasteiger partial charge is 0.491 e. The predicted molar refractivity (Wildman–Crippen MR) is 105 cm³/mol. The number of rotatable bonds is 4. The van der Waals surface area contributed by atoms with Crippen molar-refractivity contribution in [2.45, 2.75) is 59.7 Å². The average molecular weight is 362 g/mol. The molecule has 0 aliphatic carbocycles. The van der Waals surface area contributed by atoms with Crippen LogP contribution in [0.25, 0.3) is 6.08 Å². The van der Waals surface area contributed by atoms with Gasteiger partial charge in [-0.25, -0.2) is 0 Å². The lowest BCUT2D eigenvalue weighted by Crippen LogP contribution is -2.41. The second-order valence-electron chi connectivity index (χ2n) is 7.58. The number of hydrogen-bond donors (Lipinski definition) is 1. The van der Waals surface area contributed by atoms with E-state index in [4.69, 9.17) is 9.31 Å². The molecule has 1 aromatic rings. The molecule has 1 aliphatic rings. The van der Waals surface area contributed by atoms with Crippen LogP contribution in [0.2, 0.25) is 0 Å². The Morgan fingerprint density at radius 3 is 2.08 bits per heavy atom. The summed E-state index contributed by atoms with van der Waals surface area (Å²) in [6, 6.07) is 3.47. The Balaban J connectivity index is 2.42. The first-order valence-electron chi connectivity index (χ1n) is 8.42. The maximum Gasteiger partial charge on any atom is 0.491 e. The van der Waals surface area contributed by atoms with Crippen molar-refractivity contribution >= 4 is 30.1 Å². The minimum atomic E-state index is -0.496. The summed E-state index contributed by atoms with van der Waals surface area (Å²) in [5, 5.41) is 9.82. The average Bonchev–Trinajstić information content (AvgIpc) is 2.65. The van der Waals surface area contributed by atoms with Gasteiger partial charge in [0.05, 0.1) is 11.2 Å². The van der Waals surface area contributed by atoms with Gasteiger partial charge in [-0.15, -0.1) is 0 Å². The van der Waals surface area contributed by atoms with E-state index >= 15 is 0 Å². The Kier molecular flexibility index (Phi) is 5.76. The molecule has 0 aromatic heterocycles. The summed E-state index contributed by atoms with van der Waals surface area (Å²) >= 11 is 1.24. The Bertz CT molecular complexity index is 670. The summed E-state index contributed by atoms with van der Waals surface area (Å²) in [5.41, 5.74) is 3.01. The second-order valence-corrected chi connectivity index (χ2v) is 8.73. The fourth-order valence-electron chi connectivity index (χ4n) is 2.72. The highest BCUT2D eigenvalue weighted by molar-refractivity contribution is 8.13. The van der Waals surface area contributed by atoms with Crippen LogP contribution in [0.15, 0.2) is 17.6 Å². The SMILES string of the molecule is CC(=O)SCC(=Cc1c(C)cc(O)cc1C)B1OC(C)(C)C(C)(C)O1. The number of phenolic OH excluding ortho intramolecular Hbond substituents is 1. The van der Waals surface area contributed by atoms with Crippen molar-refractivity contribution in [1.29, 1.82) is 0 Å². The van der Waals surface area contributed by atoms with Crippen LogP contribution in [0.3, 0.4) is 0 Å². The molecule has 0 spiro atoms. The highest BCUT2D eigenvalue weighted by atomic mass is 32.2. The fraction of sp³-hybridized carbons (Fsp3) is 0.526. The van der Waals surface area contributed by atoms with E-state index in [2.05, 4.69) is 0 Å². The summed E-state index contributed by atoms with van der Waals surface area (Å²) in [5.74, 6) is 0.758. The molecule has 0 amide bonds. The minimum absolute atomic E-state index is 0.0570. The lowest BCUT2D eigenvalue weighted by molar-refractivity contribution is -0.109. The molecule has 0 atom stereocenters. The molecule has 0 saturated carbocycles. The molecule has 0 unspecified atom stereocenters. The Hall–Kier alpha value is -1.24. The summed E-state index contributed by atoms with van der Waals surface area (Å²) in [6.07, 6.45) is 2.03. The van der Waals surface area contributed by atoms with Crippen LogP contribution in [0.4, 0.5) is 0 Å². The Morgan fingerprint density at radius 1 is 1.16 bits per heavy atom. The zero-order valence-corrected chi connectivity index (χ0v) is 16.9. The molecular weight excluding hydrogens is 335 g/mol. The van der Waals surface area contributed by atoms with Gasteiger partial charge in [0.15, 0.2) is 5.12 Å². The first-order valence-corrected chi connectivity index (χ1v) is 9.41. The monoisotopic (exact) mass is 362 g/mol. The molecule has 2 rings (SSSR count). The molecule has 136 valence electrons. The summed E-state index contributed by atoms with van der Waals surface area (Å²) in [4.78, 5) is 11.5. The molecule has 1 aromatic carbocycles. The van der Waals surface area contributed by atoms with E-state index in [0.717, 1.165) is 22.2 Å². The first kappa shape index (κ1) is 20.1. The molecular formula is C19H27BO4S. The van der Waals surface area contributed by atoms with Gasteiger partial charge in [-0.2, -0.15) is 0 Å². The van der Waals surface area contributed by atoms with Crippen molar-refractivity contribution in [3.05, 3.63) is 34.3 Å². The lowest BCUT2D eigenvalue weighted by Gasteiger charge is -2.32. The summed E-state index contributed by atoms with van der Waals surface area (Å²) < 4.78 is 12.3. The van der Waals surface area contributed by atoms with Crippen LogP contribution in [-0.4, -0.2) is 34.3 Å². The number of thioether (sulfide) groups is 1. The standard InChI is InChI=1S/C19H27BO4S/c1-12-8-16(22)9-13(2)17(12)10-15(11-25-14(3)21)20-23-18(4,5)19(6,7)24-20/h8-10,22H,11H2,1-7H3. The number of aryl methyl sites for hydroxylation is 2. The van der Waals surface area contributed by atoms with Crippen molar-refractivity contribution in [3.63, 3.8) is 0 Å². The topological polar surface area (TPSA) is 55.8 Å². The normalized spacial score (nSPS) is 19.3. The van der Waals surface area contributed by atoms with Crippen molar-refractivity contribution in [3.8, 4) is 5.75 Å². The van der Waals surface area contributed by atoms with Gasteiger partial charge in [-0.3, -0.25) is 4.79 Å². The largest absolute Gasteiger partial charge is 0.508 e. The lowest BCUT2D eigenvalue weighted by atomic mass is 9.77. The van der Waals surface area contributed by atoms with Gasteiger partial charge in [0.2, 0.25) is 0 Å². The van der Waals surface area contributed by atoms with E-state index in [1.54, 1.807) is 19.1 Å². The van der Waals surface area contributed by atoms with Crippen molar-refractivity contribution < 1.29 is 19.2 Å². The highest BCUT2D eigenvalue weighted by Crippen LogP contribution is 2.39. The van der Waals surface area contributed by atoms with Crippen LogP contribution >= 0.6 is 11.8 Å². The van der Waals surface area contributed by atoms with Crippen LogP contribution in [0, 0.1) is 13.8 Å². The quantitative estimate of drug-likeness (QED) is 0.810. The number of aromatic hydroxyl groups is 1. The molecule has 1 aliphatic heterocycles. The molecule has 25 heavy (non-hydrogen) atoms. The number of benzene rings is 1. The van der Waals surface area contributed by atoms with Crippen LogP contribution in [-0.2, 0) is 14.1 Å². The highest BCUT2D eigenvalue weighted by Gasteiger charge is 2.52. The number of hydrogen-bond acceptors (Lipinski definition) is 5. The zero-order valence-electron chi connectivity index (χ0n) is 16.1. The van der Waals surface area contributed by atoms with Gasteiger partial charge in [0.25, 0.3) is 0 Å². The van der Waals surface area contributed by atoms with Gasteiger partial charge in [0.1, 0.15) is 5.75 Å². The molecule has 0 radical (unpaired) electrons. The van der Waals surface area contributed by atoms with Gasteiger partial charge in [-0.05, 0) is 75.8 Å². The molecule has 1 saturated heterocycles. The van der Waals surface area contributed by atoms with Crippen molar-refractivity contribution in [2.24, 2.45) is 0 Å². The van der Waals surface area contributed by atoms with E-state index in [0.29, 0.717) is 5.75 Å². The van der Waals surface area contributed by atoms with Crippen LogP contribution < -0.4 is 0 Å². The van der Waals surface area contributed by atoms with Gasteiger partial charge < -0.3 is 14.4 Å². The number of carbonyl (C=O) groups excluding carboxylic acids is 1. The van der Waals surface area contributed by atoms with Crippen molar-refractivity contribution in [2.75, 3.05) is 5.75 Å². The maximum atomic E-state index is 11.5. The van der Waals surface area contributed by atoms with Gasteiger partial charge in [-0.1, -0.05) is 17.8 Å². The Morgan fingerprint density at radius 2 is 1.64 bits per heavy atom. The third-order valence-corrected chi connectivity index (χ3v) is 5.79. The molecule has 0 bridgehead atoms. The first-order chi connectivity index (χ1) is 11.4. The summed E-state index contributed by atoms with van der Waals surface area (Å²) in [7, 11) is -0.496. The predicted octanol–water partition coefficient (Wildman–Crippen LogP) is 4.30. The van der Waals surface area contributed by atoms with Crippen LogP contribution in [0.5, 0.6) is 5.75 Å². The Labute approximate surface area is 155 Å². The molecule has 4 nitrogen and oxygen atoms in total. The van der Waals surface area contributed by atoms with Gasteiger partial charge in [0, 0.05) is 12.7 Å². The third kappa shape index (κ3) is 4.49. The third-order valence-electron chi connectivity index (χ3n) is 4.91. The molecule has 1 N–H and O–H groups in total. The van der Waals surface area contributed by atoms with E-state index in [-0.39, 0.29) is 10.9 Å².